The monoisotopic (exact) mass is 324 g/mol. The van der Waals surface area contributed by atoms with Crippen LogP contribution in [-0.2, 0) is 0 Å². The van der Waals surface area contributed by atoms with Crippen molar-refractivity contribution >= 4 is 23.3 Å². The van der Waals surface area contributed by atoms with Crippen molar-refractivity contribution in [2.75, 3.05) is 38.1 Å². The SMILES string of the molecule is O=C(Nc1cnsc1)N1CCC[C@H]1CN1CCC(CO)CC1. The predicted molar refractivity (Wildman–Crippen MR) is 87.1 cm³/mol. The van der Waals surface area contributed by atoms with Gasteiger partial charge in [0.2, 0.25) is 0 Å². The Labute approximate surface area is 135 Å². The fourth-order valence-electron chi connectivity index (χ4n) is 3.40. The van der Waals surface area contributed by atoms with E-state index >= 15 is 0 Å². The van der Waals surface area contributed by atoms with Crippen LogP contribution in [-0.4, -0.2) is 64.1 Å². The quantitative estimate of drug-likeness (QED) is 0.887. The van der Waals surface area contributed by atoms with Crippen molar-refractivity contribution in [2.24, 2.45) is 5.92 Å². The van der Waals surface area contributed by atoms with Crippen LogP contribution in [0.5, 0.6) is 0 Å². The van der Waals surface area contributed by atoms with Crippen molar-refractivity contribution in [2.45, 2.75) is 31.7 Å². The number of rotatable bonds is 4. The number of nitrogens with zero attached hydrogens (tertiary/aromatic N) is 3. The van der Waals surface area contributed by atoms with Gasteiger partial charge in [-0.25, -0.2) is 4.79 Å². The largest absolute Gasteiger partial charge is 0.396 e. The molecular formula is C15H24N4O2S. The van der Waals surface area contributed by atoms with Gasteiger partial charge in [-0.3, -0.25) is 0 Å². The second kappa shape index (κ2) is 7.39. The van der Waals surface area contributed by atoms with E-state index in [4.69, 9.17) is 0 Å². The summed E-state index contributed by atoms with van der Waals surface area (Å²) in [6.45, 7) is 4.16. The third-order valence-electron chi connectivity index (χ3n) is 4.76. The molecule has 2 amide bonds. The van der Waals surface area contributed by atoms with Crippen LogP contribution in [0.2, 0.25) is 0 Å². The molecule has 2 aliphatic rings. The lowest BCUT2D eigenvalue weighted by molar-refractivity contribution is 0.112. The Bertz CT molecular complexity index is 474. The predicted octanol–water partition coefficient (Wildman–Crippen LogP) is 1.84. The maximum Gasteiger partial charge on any atom is 0.322 e. The smallest absolute Gasteiger partial charge is 0.322 e. The van der Waals surface area contributed by atoms with Crippen molar-refractivity contribution in [1.82, 2.24) is 14.2 Å². The third-order valence-corrected chi connectivity index (χ3v) is 5.34. The second-order valence-electron chi connectivity index (χ2n) is 6.26. The van der Waals surface area contributed by atoms with E-state index in [1.165, 1.54) is 11.5 Å². The first-order valence-corrected chi connectivity index (χ1v) is 8.90. The molecule has 1 aromatic heterocycles. The molecule has 0 spiro atoms. The Morgan fingerprint density at radius 1 is 1.36 bits per heavy atom. The van der Waals surface area contributed by atoms with E-state index in [-0.39, 0.29) is 6.03 Å². The lowest BCUT2D eigenvalue weighted by atomic mass is 9.97. The first-order valence-electron chi connectivity index (χ1n) is 8.06. The normalized spacial score (nSPS) is 23.9. The van der Waals surface area contributed by atoms with Gasteiger partial charge in [0.15, 0.2) is 0 Å². The van der Waals surface area contributed by atoms with Gasteiger partial charge in [-0.2, -0.15) is 4.37 Å². The van der Waals surface area contributed by atoms with E-state index < -0.39 is 0 Å². The summed E-state index contributed by atoms with van der Waals surface area (Å²) in [5.41, 5.74) is 0.782. The molecule has 0 bridgehead atoms. The summed E-state index contributed by atoms with van der Waals surface area (Å²) in [5.74, 6) is 0.463. The number of aromatic nitrogens is 1. The Hall–Kier alpha value is -1.18. The third kappa shape index (κ3) is 3.77. The standard InChI is InChI=1S/C15H24N4O2S/c20-10-12-3-6-18(7-4-12)9-14-2-1-5-19(14)15(21)17-13-8-16-22-11-13/h8,11-12,14,20H,1-7,9-10H2,(H,17,21)/t14-/m0/s1. The number of nitrogens with one attached hydrogen (secondary N) is 1. The van der Waals surface area contributed by atoms with Crippen LogP contribution in [0.4, 0.5) is 10.5 Å². The lowest BCUT2D eigenvalue weighted by Gasteiger charge is -2.35. The molecule has 3 rings (SSSR count). The number of piperidine rings is 1. The Kier molecular flexibility index (Phi) is 5.28. The van der Waals surface area contributed by atoms with E-state index in [2.05, 4.69) is 14.6 Å². The summed E-state index contributed by atoms with van der Waals surface area (Å²) in [7, 11) is 0. The highest BCUT2D eigenvalue weighted by Gasteiger charge is 2.31. The molecule has 0 unspecified atom stereocenters. The van der Waals surface area contributed by atoms with E-state index in [0.717, 1.165) is 57.5 Å². The van der Waals surface area contributed by atoms with E-state index in [9.17, 15) is 9.90 Å². The molecule has 0 radical (unpaired) electrons. The zero-order valence-electron chi connectivity index (χ0n) is 12.8. The molecule has 7 heteroatoms. The van der Waals surface area contributed by atoms with Crippen LogP contribution >= 0.6 is 11.5 Å². The summed E-state index contributed by atoms with van der Waals surface area (Å²) in [6, 6.07) is 0.296. The Morgan fingerprint density at radius 3 is 2.86 bits per heavy atom. The average Bonchev–Trinajstić information content (AvgIpc) is 3.19. The molecule has 2 aliphatic heterocycles. The number of urea groups is 1. The highest BCUT2D eigenvalue weighted by Crippen LogP contribution is 2.23. The summed E-state index contributed by atoms with van der Waals surface area (Å²) in [4.78, 5) is 16.8. The van der Waals surface area contributed by atoms with E-state index in [0.29, 0.717) is 18.6 Å². The number of hydrogen-bond acceptors (Lipinski definition) is 5. The van der Waals surface area contributed by atoms with E-state index in [1.54, 1.807) is 6.20 Å². The van der Waals surface area contributed by atoms with Gasteiger partial charge >= 0.3 is 6.03 Å². The first kappa shape index (κ1) is 15.7. The molecule has 2 saturated heterocycles. The number of carbonyl (C=O) groups is 1. The number of likely N-dealkylation sites (tertiary alicyclic amines) is 2. The number of hydrogen-bond donors (Lipinski definition) is 2. The molecule has 2 N–H and O–H groups in total. The Morgan fingerprint density at radius 2 is 2.18 bits per heavy atom. The molecule has 22 heavy (non-hydrogen) atoms. The summed E-state index contributed by atoms with van der Waals surface area (Å²) < 4.78 is 4.01. The molecular weight excluding hydrogens is 300 g/mol. The van der Waals surface area contributed by atoms with Gasteiger partial charge in [0, 0.05) is 31.1 Å². The topological polar surface area (TPSA) is 68.7 Å². The van der Waals surface area contributed by atoms with Crippen LogP contribution in [0.1, 0.15) is 25.7 Å². The molecule has 0 saturated carbocycles. The Balaban J connectivity index is 1.51. The zero-order chi connectivity index (χ0) is 15.4. The fraction of sp³-hybridized carbons (Fsp3) is 0.733. The molecule has 2 fully saturated rings. The number of amides is 2. The molecule has 0 aromatic carbocycles. The van der Waals surface area contributed by atoms with Crippen LogP contribution in [0.15, 0.2) is 11.6 Å². The van der Waals surface area contributed by atoms with Gasteiger partial charge in [-0.1, -0.05) is 0 Å². The van der Waals surface area contributed by atoms with Crippen molar-refractivity contribution in [3.05, 3.63) is 11.6 Å². The van der Waals surface area contributed by atoms with Gasteiger partial charge in [0.25, 0.3) is 0 Å². The summed E-state index contributed by atoms with van der Waals surface area (Å²) >= 11 is 1.34. The number of aliphatic hydroxyl groups excluding tert-OH is 1. The van der Waals surface area contributed by atoms with Crippen LogP contribution < -0.4 is 5.32 Å². The minimum Gasteiger partial charge on any atom is -0.396 e. The van der Waals surface area contributed by atoms with Crippen LogP contribution in [0, 0.1) is 5.92 Å². The highest BCUT2D eigenvalue weighted by atomic mass is 32.1. The molecule has 1 atom stereocenters. The second-order valence-corrected chi connectivity index (χ2v) is 6.92. The van der Waals surface area contributed by atoms with Gasteiger partial charge in [-0.15, -0.1) is 0 Å². The zero-order valence-corrected chi connectivity index (χ0v) is 13.6. The van der Waals surface area contributed by atoms with Gasteiger partial charge < -0.3 is 20.2 Å². The number of anilines is 1. The lowest BCUT2D eigenvalue weighted by Crippen LogP contribution is -2.47. The maximum atomic E-state index is 12.4. The molecule has 1 aromatic rings. The number of carbonyl (C=O) groups excluding carboxylic acids is 1. The van der Waals surface area contributed by atoms with Crippen molar-refractivity contribution < 1.29 is 9.90 Å². The van der Waals surface area contributed by atoms with Crippen LogP contribution in [0.25, 0.3) is 0 Å². The molecule has 6 nitrogen and oxygen atoms in total. The van der Waals surface area contributed by atoms with Crippen molar-refractivity contribution in [3.63, 3.8) is 0 Å². The van der Waals surface area contributed by atoms with Crippen molar-refractivity contribution in [1.29, 1.82) is 0 Å². The summed E-state index contributed by atoms with van der Waals surface area (Å²) in [5, 5.41) is 14.0. The van der Waals surface area contributed by atoms with Crippen LogP contribution in [0.3, 0.4) is 0 Å². The van der Waals surface area contributed by atoms with Gasteiger partial charge in [0.1, 0.15) is 0 Å². The molecule has 3 heterocycles. The van der Waals surface area contributed by atoms with Gasteiger partial charge in [0.05, 0.1) is 11.9 Å². The average molecular weight is 324 g/mol. The maximum absolute atomic E-state index is 12.4. The molecule has 0 aliphatic carbocycles. The minimum absolute atomic E-state index is 0.00653. The van der Waals surface area contributed by atoms with E-state index in [1.807, 2.05) is 10.3 Å². The highest BCUT2D eigenvalue weighted by molar-refractivity contribution is 7.04. The number of aliphatic hydroxyl groups is 1. The van der Waals surface area contributed by atoms with Crippen molar-refractivity contribution in [3.8, 4) is 0 Å². The fourth-order valence-corrected chi connectivity index (χ4v) is 3.87. The summed E-state index contributed by atoms with van der Waals surface area (Å²) in [6.07, 6.45) is 5.97. The first-order chi connectivity index (χ1) is 10.8. The van der Waals surface area contributed by atoms with Gasteiger partial charge in [-0.05, 0) is 56.2 Å². The molecule has 122 valence electrons. The minimum atomic E-state index is -0.00653.